The molecule has 1 heterocycles. The van der Waals surface area contributed by atoms with Crippen molar-refractivity contribution in [2.24, 2.45) is 5.92 Å². The zero-order chi connectivity index (χ0) is 25.7. The zero-order valence-electron chi connectivity index (χ0n) is 20.7. The highest BCUT2D eigenvalue weighted by Gasteiger charge is 2.27. The maximum Gasteiger partial charge on any atom is 0.264 e. The van der Waals surface area contributed by atoms with Gasteiger partial charge in [0.25, 0.3) is 10.0 Å². The summed E-state index contributed by atoms with van der Waals surface area (Å²) in [4.78, 5) is 15.4. The fraction of sp³-hybridized carbons (Fsp3) is 0.321. The Bertz CT molecular complexity index is 1300. The van der Waals surface area contributed by atoms with E-state index in [1.807, 2.05) is 19.1 Å². The normalized spacial score (nSPS) is 16.0. The minimum atomic E-state index is -3.98. The third-order valence-electron chi connectivity index (χ3n) is 6.51. The first-order valence-corrected chi connectivity index (χ1v) is 14.0. The molecule has 0 saturated carbocycles. The monoisotopic (exact) mass is 525 g/mol. The van der Waals surface area contributed by atoms with Gasteiger partial charge in [-0.3, -0.25) is 9.10 Å². The van der Waals surface area contributed by atoms with Gasteiger partial charge in [-0.15, -0.1) is 0 Å². The first-order chi connectivity index (χ1) is 17.2. The molecule has 1 atom stereocenters. The number of halogens is 1. The predicted molar refractivity (Wildman–Crippen MR) is 146 cm³/mol. The first kappa shape index (κ1) is 26.0. The van der Waals surface area contributed by atoms with Crippen molar-refractivity contribution in [1.82, 2.24) is 5.32 Å². The van der Waals surface area contributed by atoms with Gasteiger partial charge in [0.1, 0.15) is 6.54 Å². The van der Waals surface area contributed by atoms with Gasteiger partial charge in [0.05, 0.1) is 10.6 Å². The quantitative estimate of drug-likeness (QED) is 0.427. The number of hydrogen-bond acceptors (Lipinski definition) is 4. The van der Waals surface area contributed by atoms with Crippen LogP contribution in [-0.4, -0.2) is 34.0 Å². The van der Waals surface area contributed by atoms with Gasteiger partial charge in [-0.2, -0.15) is 0 Å². The molecule has 3 aromatic carbocycles. The Morgan fingerprint density at radius 1 is 1.08 bits per heavy atom. The third kappa shape index (κ3) is 6.20. The number of aryl methyl sites for hydroxylation is 1. The summed E-state index contributed by atoms with van der Waals surface area (Å²) >= 11 is 6.28. The third-order valence-corrected chi connectivity index (χ3v) is 8.71. The average molecular weight is 526 g/mol. The number of nitrogens with one attached hydrogen (secondary N) is 1. The molecule has 1 N–H and O–H groups in total. The van der Waals surface area contributed by atoms with Crippen molar-refractivity contribution in [3.8, 4) is 0 Å². The number of benzene rings is 3. The van der Waals surface area contributed by atoms with Crippen LogP contribution in [-0.2, 0) is 21.4 Å². The zero-order valence-corrected chi connectivity index (χ0v) is 22.2. The molecular weight excluding hydrogens is 494 g/mol. The Labute approximate surface area is 218 Å². The largest absolute Gasteiger partial charge is 0.371 e. The standard InChI is InChI=1S/C28H32ClN3O3S/c1-21-7-6-16-31(19-21)24-14-11-23(12-15-24)18-30-28(33)20-32(25-13-10-22(2)27(29)17-25)36(34,35)26-8-4-3-5-9-26/h3-5,8-15,17,21H,6-7,16,18-20H2,1-2H3,(H,30,33). The van der Waals surface area contributed by atoms with Crippen molar-refractivity contribution in [1.29, 1.82) is 0 Å². The van der Waals surface area contributed by atoms with Crippen LogP contribution in [0, 0.1) is 12.8 Å². The number of piperidine rings is 1. The van der Waals surface area contributed by atoms with E-state index in [1.54, 1.807) is 36.4 Å². The van der Waals surface area contributed by atoms with E-state index in [9.17, 15) is 13.2 Å². The number of nitrogens with zero attached hydrogens (tertiary/aromatic N) is 2. The Morgan fingerprint density at radius 2 is 1.81 bits per heavy atom. The van der Waals surface area contributed by atoms with Gasteiger partial charge in [-0.1, -0.05) is 54.9 Å². The number of hydrogen-bond donors (Lipinski definition) is 1. The van der Waals surface area contributed by atoms with Crippen molar-refractivity contribution in [2.45, 2.75) is 38.1 Å². The Morgan fingerprint density at radius 3 is 2.47 bits per heavy atom. The summed E-state index contributed by atoms with van der Waals surface area (Å²) in [6.45, 7) is 6.19. The van der Waals surface area contributed by atoms with Crippen LogP contribution in [0.1, 0.15) is 30.9 Å². The van der Waals surface area contributed by atoms with Crippen LogP contribution in [0.4, 0.5) is 11.4 Å². The molecule has 0 radical (unpaired) electrons. The van der Waals surface area contributed by atoms with E-state index in [0.717, 1.165) is 28.5 Å². The van der Waals surface area contributed by atoms with Crippen molar-refractivity contribution in [2.75, 3.05) is 28.8 Å². The second-order valence-electron chi connectivity index (χ2n) is 9.39. The number of sulfonamides is 1. The van der Waals surface area contributed by atoms with E-state index in [1.165, 1.54) is 30.7 Å². The van der Waals surface area contributed by atoms with Crippen molar-refractivity contribution in [3.63, 3.8) is 0 Å². The number of anilines is 2. The highest BCUT2D eigenvalue weighted by atomic mass is 35.5. The molecule has 1 saturated heterocycles. The van der Waals surface area contributed by atoms with Crippen LogP contribution in [0.25, 0.3) is 0 Å². The highest BCUT2D eigenvalue weighted by molar-refractivity contribution is 7.92. The molecule has 36 heavy (non-hydrogen) atoms. The van der Waals surface area contributed by atoms with Gasteiger partial charge >= 0.3 is 0 Å². The summed E-state index contributed by atoms with van der Waals surface area (Å²) in [5.74, 6) is 0.288. The fourth-order valence-corrected chi connectivity index (χ4v) is 6.02. The summed E-state index contributed by atoms with van der Waals surface area (Å²) < 4.78 is 28.0. The SMILES string of the molecule is Cc1ccc(N(CC(=O)NCc2ccc(N3CCCC(C)C3)cc2)S(=O)(=O)c2ccccc2)cc1Cl. The fourth-order valence-electron chi connectivity index (χ4n) is 4.41. The van der Waals surface area contributed by atoms with Crippen LogP contribution in [0.3, 0.4) is 0 Å². The lowest BCUT2D eigenvalue weighted by molar-refractivity contribution is -0.119. The molecule has 0 bridgehead atoms. The van der Waals surface area contributed by atoms with Crippen LogP contribution >= 0.6 is 11.6 Å². The van der Waals surface area contributed by atoms with Crippen LogP contribution in [0.15, 0.2) is 77.7 Å². The summed E-state index contributed by atoms with van der Waals surface area (Å²) in [6.07, 6.45) is 2.47. The minimum absolute atomic E-state index is 0.108. The lowest BCUT2D eigenvalue weighted by Crippen LogP contribution is -2.40. The molecule has 190 valence electrons. The maximum atomic E-state index is 13.4. The molecule has 8 heteroatoms. The molecule has 1 unspecified atom stereocenters. The molecule has 6 nitrogen and oxygen atoms in total. The van der Waals surface area contributed by atoms with Crippen molar-refractivity contribution >= 4 is 38.9 Å². The molecular formula is C28H32ClN3O3S. The summed E-state index contributed by atoms with van der Waals surface area (Å²) in [5.41, 5.74) is 3.30. The topological polar surface area (TPSA) is 69.7 Å². The molecule has 0 aliphatic carbocycles. The molecule has 0 spiro atoms. The van der Waals surface area contributed by atoms with E-state index < -0.39 is 15.9 Å². The van der Waals surface area contributed by atoms with Gasteiger partial charge in [0.15, 0.2) is 0 Å². The Kier molecular flexibility index (Phi) is 8.21. The van der Waals surface area contributed by atoms with Gasteiger partial charge < -0.3 is 10.2 Å². The maximum absolute atomic E-state index is 13.4. The molecule has 0 aromatic heterocycles. The van der Waals surface area contributed by atoms with E-state index in [4.69, 9.17) is 11.6 Å². The predicted octanol–water partition coefficient (Wildman–Crippen LogP) is 5.40. The molecule has 4 rings (SSSR count). The van der Waals surface area contributed by atoms with E-state index >= 15 is 0 Å². The lowest BCUT2D eigenvalue weighted by Gasteiger charge is -2.32. The van der Waals surface area contributed by atoms with Gasteiger partial charge in [-0.05, 0) is 73.2 Å². The second kappa shape index (κ2) is 11.4. The van der Waals surface area contributed by atoms with E-state index in [2.05, 4.69) is 29.3 Å². The first-order valence-electron chi connectivity index (χ1n) is 12.2. The van der Waals surface area contributed by atoms with Crippen LogP contribution < -0.4 is 14.5 Å². The number of carbonyl (C=O) groups is 1. The smallest absolute Gasteiger partial charge is 0.264 e. The Hall–Kier alpha value is -3.03. The van der Waals surface area contributed by atoms with Crippen molar-refractivity contribution in [3.05, 3.63) is 88.9 Å². The summed E-state index contributed by atoms with van der Waals surface area (Å²) in [6, 6.07) is 21.2. The number of rotatable bonds is 8. The minimum Gasteiger partial charge on any atom is -0.371 e. The van der Waals surface area contributed by atoms with Crippen molar-refractivity contribution < 1.29 is 13.2 Å². The van der Waals surface area contributed by atoms with Crippen LogP contribution in [0.5, 0.6) is 0 Å². The van der Waals surface area contributed by atoms with Gasteiger partial charge in [0, 0.05) is 30.3 Å². The van der Waals surface area contributed by atoms with Crippen LogP contribution in [0.2, 0.25) is 5.02 Å². The Balaban J connectivity index is 1.47. The lowest BCUT2D eigenvalue weighted by atomic mass is 9.99. The number of amides is 1. The molecule has 3 aromatic rings. The molecule has 1 fully saturated rings. The average Bonchev–Trinajstić information content (AvgIpc) is 2.88. The molecule has 1 aliphatic rings. The highest BCUT2D eigenvalue weighted by Crippen LogP contribution is 2.28. The van der Waals surface area contributed by atoms with Gasteiger partial charge in [0.2, 0.25) is 5.91 Å². The number of carbonyl (C=O) groups excluding carboxylic acids is 1. The summed E-state index contributed by atoms with van der Waals surface area (Å²) in [7, 11) is -3.98. The van der Waals surface area contributed by atoms with E-state index in [-0.39, 0.29) is 11.4 Å². The molecule has 1 amide bonds. The van der Waals surface area contributed by atoms with Gasteiger partial charge in [-0.25, -0.2) is 8.42 Å². The molecule has 1 aliphatic heterocycles. The second-order valence-corrected chi connectivity index (χ2v) is 11.7. The van der Waals surface area contributed by atoms with E-state index in [0.29, 0.717) is 23.2 Å². The summed E-state index contributed by atoms with van der Waals surface area (Å²) in [5, 5.41) is 3.30.